The maximum Gasteiger partial charge on any atom is 0.307 e. The summed E-state index contributed by atoms with van der Waals surface area (Å²) >= 11 is 1.33. The molecule has 7 nitrogen and oxygen atoms in total. The molecule has 0 saturated heterocycles. The van der Waals surface area contributed by atoms with Crippen molar-refractivity contribution in [3.05, 3.63) is 71.4 Å². The van der Waals surface area contributed by atoms with E-state index >= 15 is 0 Å². The van der Waals surface area contributed by atoms with Gasteiger partial charge < -0.3 is 20.5 Å². The van der Waals surface area contributed by atoms with Crippen LogP contribution < -0.4 is 5.32 Å². The molecule has 0 aliphatic heterocycles. The van der Waals surface area contributed by atoms with Crippen molar-refractivity contribution in [2.45, 2.75) is 26.4 Å². The Labute approximate surface area is 204 Å². The number of aromatic amines is 1. The zero-order chi connectivity index (χ0) is 24.3. The lowest BCUT2D eigenvalue weighted by Crippen LogP contribution is -2.28. The van der Waals surface area contributed by atoms with Gasteiger partial charge in [-0.3, -0.25) is 14.5 Å². The van der Waals surface area contributed by atoms with E-state index in [0.29, 0.717) is 18.8 Å². The van der Waals surface area contributed by atoms with E-state index in [1.807, 2.05) is 24.3 Å². The Kier molecular flexibility index (Phi) is 10.00. The van der Waals surface area contributed by atoms with Crippen molar-refractivity contribution in [2.24, 2.45) is 5.92 Å². The lowest BCUT2D eigenvalue weighted by molar-refractivity contribution is -0.140. The molecule has 1 atom stereocenters. The molecule has 0 aliphatic carbocycles. The molecule has 1 amide bonds. The number of hydrogen-bond acceptors (Lipinski definition) is 5. The van der Waals surface area contributed by atoms with Crippen molar-refractivity contribution in [1.29, 1.82) is 0 Å². The van der Waals surface area contributed by atoms with Crippen LogP contribution in [-0.2, 0) is 29.1 Å². The molecule has 0 saturated carbocycles. The molecule has 1 aromatic heterocycles. The van der Waals surface area contributed by atoms with Crippen molar-refractivity contribution in [2.75, 3.05) is 31.2 Å². The van der Waals surface area contributed by atoms with Gasteiger partial charge in [-0.05, 0) is 29.2 Å². The van der Waals surface area contributed by atoms with Crippen LogP contribution in [0.1, 0.15) is 23.6 Å². The lowest BCUT2D eigenvalue weighted by atomic mass is 10.1. The maximum absolute atomic E-state index is 12.0. The summed E-state index contributed by atoms with van der Waals surface area (Å²) in [5, 5.41) is 22.5. The summed E-state index contributed by atoms with van der Waals surface area (Å²) in [6.45, 7) is 4.39. The average Bonchev–Trinajstić information content (AvgIpc) is 3.25. The van der Waals surface area contributed by atoms with Gasteiger partial charge >= 0.3 is 5.97 Å². The van der Waals surface area contributed by atoms with Crippen LogP contribution in [-0.4, -0.2) is 63.2 Å². The first-order valence-electron chi connectivity index (χ1n) is 11.5. The van der Waals surface area contributed by atoms with Gasteiger partial charge in [0.05, 0.1) is 18.3 Å². The first-order chi connectivity index (χ1) is 16.5. The molecule has 4 N–H and O–H groups in total. The molecule has 0 spiro atoms. The molecule has 0 bridgehead atoms. The lowest BCUT2D eigenvalue weighted by Gasteiger charge is -2.21. The molecule has 3 aromatic rings. The Hall–Kier alpha value is -2.81. The van der Waals surface area contributed by atoms with Crippen molar-refractivity contribution in [1.82, 2.24) is 15.2 Å². The number of aliphatic carboxylic acids is 1. The molecular formula is C26H33N3O4S. The number of H-pyrrole nitrogens is 1. The van der Waals surface area contributed by atoms with E-state index in [9.17, 15) is 14.7 Å². The highest BCUT2D eigenvalue weighted by Crippen LogP contribution is 2.19. The van der Waals surface area contributed by atoms with E-state index < -0.39 is 11.9 Å². The highest BCUT2D eigenvalue weighted by Gasteiger charge is 2.12. The second-order valence-electron chi connectivity index (χ2n) is 8.46. The van der Waals surface area contributed by atoms with Crippen LogP contribution >= 0.6 is 11.8 Å². The number of benzene rings is 2. The highest BCUT2D eigenvalue weighted by molar-refractivity contribution is 7.99. The number of nitrogens with one attached hydrogen (secondary N) is 2. The molecule has 0 aliphatic rings. The molecular weight excluding hydrogens is 450 g/mol. The van der Waals surface area contributed by atoms with Crippen molar-refractivity contribution in [3.8, 4) is 0 Å². The fourth-order valence-corrected chi connectivity index (χ4v) is 4.60. The van der Waals surface area contributed by atoms with Crippen LogP contribution in [0, 0.1) is 5.92 Å². The van der Waals surface area contributed by atoms with Crippen LogP contribution in [0.25, 0.3) is 10.9 Å². The van der Waals surface area contributed by atoms with E-state index in [2.05, 4.69) is 45.7 Å². The number of thioether (sulfide) groups is 1. The molecule has 0 radical (unpaired) electrons. The van der Waals surface area contributed by atoms with Gasteiger partial charge in [0.1, 0.15) is 0 Å². The van der Waals surface area contributed by atoms with Crippen LogP contribution in [0.3, 0.4) is 0 Å². The highest BCUT2D eigenvalue weighted by atomic mass is 32.2. The van der Waals surface area contributed by atoms with Crippen molar-refractivity contribution in [3.63, 3.8) is 0 Å². The third-order valence-corrected chi connectivity index (χ3v) is 6.93. The van der Waals surface area contributed by atoms with Gasteiger partial charge in [0.2, 0.25) is 5.91 Å². The molecule has 1 unspecified atom stereocenters. The summed E-state index contributed by atoms with van der Waals surface area (Å²) in [5.41, 5.74) is 4.58. The number of nitrogens with zero attached hydrogens (tertiary/aromatic N) is 1. The largest absolute Gasteiger partial charge is 0.481 e. The molecule has 3 rings (SSSR count). The fourth-order valence-electron chi connectivity index (χ4n) is 3.70. The van der Waals surface area contributed by atoms with Gasteiger partial charge in [-0.2, -0.15) is 11.8 Å². The van der Waals surface area contributed by atoms with E-state index in [1.54, 1.807) is 6.92 Å². The quantitative estimate of drug-likeness (QED) is 0.280. The number of fused-ring (bicyclic) bond motifs is 1. The number of para-hydroxylation sites is 1. The van der Waals surface area contributed by atoms with Gasteiger partial charge in [-0.1, -0.05) is 49.4 Å². The number of rotatable bonds is 14. The van der Waals surface area contributed by atoms with Crippen LogP contribution in [0.4, 0.5) is 0 Å². The van der Waals surface area contributed by atoms with Gasteiger partial charge in [-0.25, -0.2) is 0 Å². The monoisotopic (exact) mass is 483 g/mol. The van der Waals surface area contributed by atoms with E-state index in [0.717, 1.165) is 36.2 Å². The summed E-state index contributed by atoms with van der Waals surface area (Å²) in [4.78, 5) is 28.4. The zero-order valence-corrected chi connectivity index (χ0v) is 20.3. The predicted octanol–water partition coefficient (Wildman–Crippen LogP) is 3.28. The number of hydrogen-bond donors (Lipinski definition) is 4. The summed E-state index contributed by atoms with van der Waals surface area (Å²) in [6.07, 6.45) is 2.97. The number of aliphatic hydroxyl groups is 1. The molecule has 34 heavy (non-hydrogen) atoms. The minimum atomic E-state index is -0.844. The summed E-state index contributed by atoms with van der Waals surface area (Å²) in [6, 6.07) is 16.4. The molecule has 2 aromatic carbocycles. The molecule has 0 fully saturated rings. The van der Waals surface area contributed by atoms with Crippen LogP contribution in [0.2, 0.25) is 0 Å². The summed E-state index contributed by atoms with van der Waals surface area (Å²) in [5.74, 6) is -0.732. The third-order valence-electron chi connectivity index (χ3n) is 5.73. The summed E-state index contributed by atoms with van der Waals surface area (Å²) < 4.78 is 0. The van der Waals surface area contributed by atoms with E-state index in [1.165, 1.54) is 22.7 Å². The SMILES string of the molecule is CC(CSCC(=O)NCc1ccc(CN(CCO)CCc2c[nH]c3ccccc23)cc1)C(=O)O. The van der Waals surface area contributed by atoms with Crippen LogP contribution in [0.5, 0.6) is 0 Å². The van der Waals surface area contributed by atoms with Gasteiger partial charge in [0, 0.05) is 49.0 Å². The second-order valence-corrected chi connectivity index (χ2v) is 9.49. The van der Waals surface area contributed by atoms with Gasteiger partial charge in [0.15, 0.2) is 0 Å². The zero-order valence-electron chi connectivity index (χ0n) is 19.5. The average molecular weight is 484 g/mol. The van der Waals surface area contributed by atoms with Crippen molar-refractivity contribution < 1.29 is 19.8 Å². The Bertz CT molecular complexity index is 1070. The number of carbonyl (C=O) groups is 2. The normalized spacial score (nSPS) is 12.2. The van der Waals surface area contributed by atoms with E-state index in [4.69, 9.17) is 5.11 Å². The number of carboxylic acid groups (broad SMARTS) is 1. The van der Waals surface area contributed by atoms with Crippen molar-refractivity contribution >= 4 is 34.5 Å². The summed E-state index contributed by atoms with van der Waals surface area (Å²) in [7, 11) is 0. The molecule has 182 valence electrons. The predicted molar refractivity (Wildman–Crippen MR) is 137 cm³/mol. The Morgan fingerprint density at radius 3 is 2.56 bits per heavy atom. The standard InChI is InChI=1S/C26H33N3O4S/c1-19(26(32)33)17-34-18-25(31)28-14-20-6-8-21(9-7-20)16-29(12-13-30)11-10-22-15-27-24-5-3-2-4-23(22)24/h2-9,15,19,27,30H,10-14,16-18H2,1H3,(H,28,31)(H,32,33). The maximum atomic E-state index is 12.0. The third kappa shape index (κ3) is 7.90. The van der Waals surface area contributed by atoms with Gasteiger partial charge in [-0.15, -0.1) is 0 Å². The van der Waals surface area contributed by atoms with Gasteiger partial charge in [0.25, 0.3) is 0 Å². The smallest absolute Gasteiger partial charge is 0.307 e. The topological polar surface area (TPSA) is 106 Å². The van der Waals surface area contributed by atoms with E-state index in [-0.39, 0.29) is 18.3 Å². The number of aliphatic hydroxyl groups excluding tert-OH is 1. The van der Waals surface area contributed by atoms with Crippen LogP contribution in [0.15, 0.2) is 54.7 Å². The second kappa shape index (κ2) is 13.2. The number of carboxylic acids is 1. The number of amides is 1. The number of aromatic nitrogens is 1. The Morgan fingerprint density at radius 1 is 1.09 bits per heavy atom. The Balaban J connectivity index is 1.45. The first kappa shape index (κ1) is 25.8. The number of carbonyl (C=O) groups excluding carboxylic acids is 1. The molecule has 8 heteroatoms. The molecule has 1 heterocycles. The first-order valence-corrected chi connectivity index (χ1v) is 12.6. The minimum absolute atomic E-state index is 0.0990. The minimum Gasteiger partial charge on any atom is -0.481 e. The Morgan fingerprint density at radius 2 is 1.82 bits per heavy atom. The fraction of sp³-hybridized carbons (Fsp3) is 0.385.